The number of benzene rings is 2. The highest BCUT2D eigenvalue weighted by atomic mass is 35.5. The summed E-state index contributed by atoms with van der Waals surface area (Å²) in [4.78, 5) is 14.9. The van der Waals surface area contributed by atoms with Crippen LogP contribution in [0.1, 0.15) is 36.8 Å². The molecule has 33 heavy (non-hydrogen) atoms. The number of anilines is 1. The Hall–Kier alpha value is -2.29. The zero-order valence-corrected chi connectivity index (χ0v) is 20.8. The highest BCUT2D eigenvalue weighted by molar-refractivity contribution is 7.92. The fraction of sp³-hybridized carbons (Fsp3) is 0.458. The largest absolute Gasteiger partial charge is 0.495 e. The van der Waals surface area contributed by atoms with Crippen LogP contribution in [0.3, 0.4) is 0 Å². The van der Waals surface area contributed by atoms with Crippen LogP contribution < -0.4 is 14.4 Å². The second-order valence-electron chi connectivity index (χ2n) is 8.29. The van der Waals surface area contributed by atoms with Gasteiger partial charge in [-0.1, -0.05) is 35.9 Å². The molecular formula is C24H32ClN3O4S. The van der Waals surface area contributed by atoms with Crippen molar-refractivity contribution in [1.29, 1.82) is 0 Å². The lowest BCUT2D eigenvalue weighted by molar-refractivity contribution is -0.121. The predicted molar refractivity (Wildman–Crippen MR) is 132 cm³/mol. The van der Waals surface area contributed by atoms with Crippen molar-refractivity contribution in [3.8, 4) is 5.75 Å². The third-order valence-electron chi connectivity index (χ3n) is 5.78. The van der Waals surface area contributed by atoms with Gasteiger partial charge in [-0.15, -0.1) is 0 Å². The third kappa shape index (κ3) is 7.35. The number of ether oxygens (including phenoxy) is 1. The van der Waals surface area contributed by atoms with Gasteiger partial charge in [-0.3, -0.25) is 14.0 Å². The molecule has 9 heteroatoms. The number of carbonyl (C=O) groups is 1. The van der Waals surface area contributed by atoms with Gasteiger partial charge in [-0.05, 0) is 61.7 Å². The van der Waals surface area contributed by atoms with Crippen LogP contribution in [0.4, 0.5) is 5.69 Å². The fourth-order valence-electron chi connectivity index (χ4n) is 4.03. The van der Waals surface area contributed by atoms with Crippen LogP contribution in [-0.4, -0.2) is 52.2 Å². The van der Waals surface area contributed by atoms with E-state index in [9.17, 15) is 13.2 Å². The van der Waals surface area contributed by atoms with Crippen LogP contribution in [0.2, 0.25) is 5.02 Å². The van der Waals surface area contributed by atoms with Gasteiger partial charge in [0.15, 0.2) is 0 Å². The van der Waals surface area contributed by atoms with Gasteiger partial charge in [0, 0.05) is 26.1 Å². The molecule has 0 radical (unpaired) electrons. The van der Waals surface area contributed by atoms with Crippen LogP contribution in [0.25, 0.3) is 0 Å². The number of hydrogen-bond acceptors (Lipinski definition) is 5. The summed E-state index contributed by atoms with van der Waals surface area (Å²) in [7, 11) is -2.03. The van der Waals surface area contributed by atoms with E-state index in [-0.39, 0.29) is 18.9 Å². The molecule has 1 saturated heterocycles. The second-order valence-corrected chi connectivity index (χ2v) is 10.6. The Bertz CT molecular complexity index is 1060. The second kappa shape index (κ2) is 11.7. The molecule has 1 heterocycles. The molecule has 0 unspecified atom stereocenters. The van der Waals surface area contributed by atoms with Gasteiger partial charge in [0.05, 0.1) is 24.1 Å². The Morgan fingerprint density at radius 2 is 1.85 bits per heavy atom. The number of likely N-dealkylation sites (tertiary alicyclic amines) is 1. The molecule has 2 aromatic rings. The van der Waals surface area contributed by atoms with Crippen molar-refractivity contribution in [2.24, 2.45) is 0 Å². The van der Waals surface area contributed by atoms with E-state index in [1.165, 1.54) is 29.8 Å². The Balaban J connectivity index is 1.53. The molecular weight excluding hydrogens is 462 g/mol. The summed E-state index contributed by atoms with van der Waals surface area (Å²) in [5.74, 6) is 0.366. The fourth-order valence-corrected chi connectivity index (χ4v) is 5.24. The maximum Gasteiger partial charge on any atom is 0.232 e. The highest BCUT2D eigenvalue weighted by Gasteiger charge is 2.19. The summed E-state index contributed by atoms with van der Waals surface area (Å²) in [5, 5.41) is 3.31. The third-order valence-corrected chi connectivity index (χ3v) is 7.27. The van der Waals surface area contributed by atoms with E-state index in [2.05, 4.69) is 16.3 Å². The van der Waals surface area contributed by atoms with Crippen LogP contribution in [0.5, 0.6) is 5.75 Å². The molecule has 0 atom stereocenters. The SMILES string of the molecule is COc1ccc(N(CCCC(=O)NCc2ccccc2CN2CCCC2)S(C)(=O)=O)cc1Cl. The zero-order chi connectivity index (χ0) is 23.8. The van der Waals surface area contributed by atoms with Crippen molar-refractivity contribution in [3.63, 3.8) is 0 Å². The van der Waals surface area contributed by atoms with E-state index in [0.29, 0.717) is 29.4 Å². The Morgan fingerprint density at radius 1 is 1.15 bits per heavy atom. The van der Waals surface area contributed by atoms with E-state index in [1.807, 2.05) is 18.2 Å². The molecule has 0 spiro atoms. The summed E-state index contributed by atoms with van der Waals surface area (Å²) >= 11 is 6.16. The standard InChI is InChI=1S/C24H32ClN3O4S/c1-32-23-12-11-21(16-22(23)25)28(33(2,30)31)15-7-10-24(29)26-17-19-8-3-4-9-20(19)18-27-13-5-6-14-27/h3-4,8-9,11-12,16H,5-7,10,13-15,17-18H2,1-2H3,(H,26,29). The topological polar surface area (TPSA) is 79.0 Å². The van der Waals surface area contributed by atoms with Crippen molar-refractivity contribution in [1.82, 2.24) is 10.2 Å². The number of methoxy groups -OCH3 is 1. The summed E-state index contributed by atoms with van der Waals surface area (Å²) < 4.78 is 31.0. The van der Waals surface area contributed by atoms with Crippen LogP contribution >= 0.6 is 11.6 Å². The lowest BCUT2D eigenvalue weighted by atomic mass is 10.1. The van der Waals surface area contributed by atoms with Gasteiger partial charge in [-0.2, -0.15) is 0 Å². The molecule has 2 aromatic carbocycles. The Morgan fingerprint density at radius 3 is 2.48 bits per heavy atom. The van der Waals surface area contributed by atoms with E-state index >= 15 is 0 Å². The van der Waals surface area contributed by atoms with E-state index < -0.39 is 10.0 Å². The molecule has 0 aromatic heterocycles. The lowest BCUT2D eigenvalue weighted by Gasteiger charge is -2.23. The van der Waals surface area contributed by atoms with Crippen LogP contribution in [0.15, 0.2) is 42.5 Å². The van der Waals surface area contributed by atoms with Crippen LogP contribution in [-0.2, 0) is 27.9 Å². The average molecular weight is 494 g/mol. The minimum atomic E-state index is -3.53. The molecule has 0 saturated carbocycles. The first-order chi connectivity index (χ1) is 15.8. The molecule has 1 amide bonds. The number of nitrogens with zero attached hydrogens (tertiary/aromatic N) is 2. The molecule has 7 nitrogen and oxygen atoms in total. The first-order valence-electron chi connectivity index (χ1n) is 11.1. The highest BCUT2D eigenvalue weighted by Crippen LogP contribution is 2.30. The summed E-state index contributed by atoms with van der Waals surface area (Å²) in [6.07, 6.45) is 4.24. The Labute approximate surface area is 201 Å². The summed E-state index contributed by atoms with van der Waals surface area (Å²) in [6.45, 7) is 3.79. The number of halogens is 1. The minimum absolute atomic E-state index is 0.104. The number of nitrogens with one attached hydrogen (secondary N) is 1. The first kappa shape index (κ1) is 25.3. The van der Waals surface area contributed by atoms with Gasteiger partial charge in [0.1, 0.15) is 5.75 Å². The maximum absolute atomic E-state index is 12.5. The van der Waals surface area contributed by atoms with E-state index in [4.69, 9.17) is 16.3 Å². The monoisotopic (exact) mass is 493 g/mol. The van der Waals surface area contributed by atoms with Gasteiger partial charge >= 0.3 is 0 Å². The molecule has 0 aliphatic carbocycles. The maximum atomic E-state index is 12.5. The summed E-state index contributed by atoms with van der Waals surface area (Å²) in [5.41, 5.74) is 2.79. The lowest BCUT2D eigenvalue weighted by Crippen LogP contribution is -2.32. The minimum Gasteiger partial charge on any atom is -0.495 e. The summed E-state index contributed by atoms with van der Waals surface area (Å²) in [6, 6.07) is 13.0. The quantitative estimate of drug-likeness (QED) is 0.515. The van der Waals surface area contributed by atoms with Crippen molar-refractivity contribution < 1.29 is 17.9 Å². The number of amides is 1. The number of carbonyl (C=O) groups excluding carboxylic acids is 1. The number of hydrogen-bond donors (Lipinski definition) is 1. The average Bonchev–Trinajstić information content (AvgIpc) is 3.28. The normalized spacial score (nSPS) is 14.3. The Kier molecular flexibility index (Phi) is 9.00. The van der Waals surface area contributed by atoms with Crippen LogP contribution in [0, 0.1) is 0 Å². The molecule has 0 bridgehead atoms. The number of sulfonamides is 1. The zero-order valence-electron chi connectivity index (χ0n) is 19.2. The van der Waals surface area contributed by atoms with Gasteiger partial charge in [0.25, 0.3) is 0 Å². The van der Waals surface area contributed by atoms with Gasteiger partial charge in [0.2, 0.25) is 15.9 Å². The van der Waals surface area contributed by atoms with Crippen molar-refractivity contribution >= 4 is 33.2 Å². The van der Waals surface area contributed by atoms with Crippen molar-refractivity contribution in [3.05, 3.63) is 58.6 Å². The number of rotatable bonds is 11. The van der Waals surface area contributed by atoms with Crippen molar-refractivity contribution in [2.75, 3.05) is 37.3 Å². The predicted octanol–water partition coefficient (Wildman–Crippen LogP) is 3.81. The smallest absolute Gasteiger partial charge is 0.232 e. The molecule has 1 aliphatic heterocycles. The molecule has 1 N–H and O–H groups in total. The van der Waals surface area contributed by atoms with E-state index in [0.717, 1.165) is 31.5 Å². The van der Waals surface area contributed by atoms with Gasteiger partial charge in [-0.25, -0.2) is 8.42 Å². The first-order valence-corrected chi connectivity index (χ1v) is 13.4. The van der Waals surface area contributed by atoms with Gasteiger partial charge < -0.3 is 10.1 Å². The molecule has 1 aliphatic rings. The van der Waals surface area contributed by atoms with E-state index in [1.54, 1.807) is 18.2 Å². The van der Waals surface area contributed by atoms with Crippen molar-refractivity contribution in [2.45, 2.75) is 38.8 Å². The molecule has 180 valence electrons. The molecule has 3 rings (SSSR count). The molecule has 1 fully saturated rings.